The van der Waals surface area contributed by atoms with Crippen molar-refractivity contribution in [2.24, 2.45) is 5.10 Å². The SMILES string of the molecule is CCCCCC/C(CC(=O)CCC(=O)NCCc1ccccc1)=N\NC(=O)c1ccc2ccccc2c1O. The van der Waals surface area contributed by atoms with Crippen LogP contribution in [0.15, 0.2) is 71.8 Å². The van der Waals surface area contributed by atoms with E-state index in [0.717, 1.165) is 43.1 Å². The number of fused-ring (bicyclic) bond motifs is 1. The molecule has 3 aromatic rings. The van der Waals surface area contributed by atoms with Crippen LogP contribution in [-0.4, -0.2) is 35.0 Å². The lowest BCUT2D eigenvalue weighted by atomic mass is 10.0. The maximum atomic E-state index is 12.8. The molecule has 200 valence electrons. The highest BCUT2D eigenvalue weighted by molar-refractivity contribution is 6.05. The molecule has 7 heteroatoms. The Balaban J connectivity index is 1.53. The fourth-order valence-electron chi connectivity index (χ4n) is 4.22. The second-order valence-electron chi connectivity index (χ2n) is 9.41. The molecule has 0 aromatic heterocycles. The van der Waals surface area contributed by atoms with Gasteiger partial charge in [0.15, 0.2) is 0 Å². The third kappa shape index (κ3) is 9.14. The van der Waals surface area contributed by atoms with Gasteiger partial charge in [-0.15, -0.1) is 0 Å². The molecular weight excluding hydrogens is 478 g/mol. The number of Topliss-reactive ketones (excluding diaryl/α,β-unsaturated/α-hetero) is 1. The Bertz CT molecular complexity index is 1250. The lowest BCUT2D eigenvalue weighted by Gasteiger charge is -2.09. The third-order valence-electron chi connectivity index (χ3n) is 6.39. The standard InChI is InChI=1S/C31H37N3O4/c1-2-3-4-8-14-25(22-26(35)17-19-29(36)32-21-20-23-11-6-5-7-12-23)33-34-31(38)28-18-16-24-13-9-10-15-27(24)30(28)37/h5-7,9-13,15-16,18,37H,2-4,8,14,17,19-22H2,1H3,(H,32,36)(H,34,38)/b33-25+. The average Bonchev–Trinajstić information content (AvgIpc) is 2.93. The molecule has 0 spiro atoms. The Labute approximate surface area is 224 Å². The van der Waals surface area contributed by atoms with E-state index in [2.05, 4.69) is 22.8 Å². The molecule has 0 aliphatic carbocycles. The van der Waals surface area contributed by atoms with Gasteiger partial charge in [0.2, 0.25) is 5.91 Å². The molecule has 3 aromatic carbocycles. The van der Waals surface area contributed by atoms with Crippen LogP contribution in [0, 0.1) is 0 Å². The molecule has 0 heterocycles. The van der Waals surface area contributed by atoms with E-state index in [-0.39, 0.29) is 42.3 Å². The van der Waals surface area contributed by atoms with E-state index in [1.807, 2.05) is 42.5 Å². The molecule has 0 bridgehead atoms. The van der Waals surface area contributed by atoms with Gasteiger partial charge < -0.3 is 10.4 Å². The van der Waals surface area contributed by atoms with Gasteiger partial charge >= 0.3 is 0 Å². The lowest BCUT2D eigenvalue weighted by Crippen LogP contribution is -2.26. The van der Waals surface area contributed by atoms with Crippen LogP contribution in [0.3, 0.4) is 0 Å². The summed E-state index contributed by atoms with van der Waals surface area (Å²) < 4.78 is 0. The number of amides is 2. The Hall–Kier alpha value is -4.00. The number of phenols is 1. The predicted octanol–water partition coefficient (Wildman–Crippen LogP) is 5.70. The molecular formula is C31H37N3O4. The number of unbranched alkanes of at least 4 members (excludes halogenated alkanes) is 3. The molecule has 0 unspecified atom stereocenters. The minimum Gasteiger partial charge on any atom is -0.506 e. The first-order valence-electron chi connectivity index (χ1n) is 13.4. The molecule has 7 nitrogen and oxygen atoms in total. The highest BCUT2D eigenvalue weighted by Crippen LogP contribution is 2.28. The van der Waals surface area contributed by atoms with Gasteiger partial charge in [0.05, 0.1) is 5.56 Å². The zero-order valence-corrected chi connectivity index (χ0v) is 22.0. The number of rotatable bonds is 15. The van der Waals surface area contributed by atoms with E-state index in [1.165, 1.54) is 0 Å². The van der Waals surface area contributed by atoms with Crippen LogP contribution in [0.25, 0.3) is 10.8 Å². The van der Waals surface area contributed by atoms with Crippen molar-refractivity contribution in [3.05, 3.63) is 77.9 Å². The summed E-state index contributed by atoms with van der Waals surface area (Å²) in [6.07, 6.45) is 5.67. The first kappa shape index (κ1) is 28.6. The summed E-state index contributed by atoms with van der Waals surface area (Å²) in [5.41, 5.74) is 4.36. The zero-order chi connectivity index (χ0) is 27.2. The van der Waals surface area contributed by atoms with Gasteiger partial charge in [0.25, 0.3) is 5.91 Å². The Morgan fingerprint density at radius 3 is 2.39 bits per heavy atom. The maximum absolute atomic E-state index is 12.8. The molecule has 0 atom stereocenters. The van der Waals surface area contributed by atoms with Crippen LogP contribution in [0.2, 0.25) is 0 Å². The van der Waals surface area contributed by atoms with Crippen LogP contribution in [0.1, 0.15) is 74.2 Å². The van der Waals surface area contributed by atoms with Crippen LogP contribution < -0.4 is 10.7 Å². The summed E-state index contributed by atoms with van der Waals surface area (Å²) >= 11 is 0. The number of carbonyl (C=O) groups excluding carboxylic acids is 3. The predicted molar refractivity (Wildman–Crippen MR) is 151 cm³/mol. The van der Waals surface area contributed by atoms with Gasteiger partial charge in [0.1, 0.15) is 11.5 Å². The third-order valence-corrected chi connectivity index (χ3v) is 6.39. The lowest BCUT2D eigenvalue weighted by molar-refractivity contribution is -0.124. The summed E-state index contributed by atoms with van der Waals surface area (Å²) in [5, 5.41) is 19.1. The van der Waals surface area contributed by atoms with Gasteiger partial charge in [0, 0.05) is 36.9 Å². The van der Waals surface area contributed by atoms with Gasteiger partial charge in [-0.25, -0.2) is 5.43 Å². The number of benzene rings is 3. The number of ketones is 1. The van der Waals surface area contributed by atoms with E-state index in [0.29, 0.717) is 24.1 Å². The van der Waals surface area contributed by atoms with Gasteiger partial charge in [-0.2, -0.15) is 5.10 Å². The fraction of sp³-hybridized carbons (Fsp3) is 0.355. The molecule has 3 rings (SSSR count). The summed E-state index contributed by atoms with van der Waals surface area (Å²) in [6.45, 7) is 2.65. The minimum absolute atomic E-state index is 0.0768. The van der Waals surface area contributed by atoms with Crippen molar-refractivity contribution in [1.82, 2.24) is 10.7 Å². The van der Waals surface area contributed by atoms with E-state index >= 15 is 0 Å². The molecule has 3 N–H and O–H groups in total. The first-order chi connectivity index (χ1) is 18.5. The van der Waals surface area contributed by atoms with Crippen molar-refractivity contribution in [1.29, 1.82) is 0 Å². The Kier molecular flexibility index (Phi) is 11.5. The zero-order valence-electron chi connectivity index (χ0n) is 22.0. The highest BCUT2D eigenvalue weighted by Gasteiger charge is 2.15. The molecule has 0 fully saturated rings. The Morgan fingerprint density at radius 2 is 1.61 bits per heavy atom. The second-order valence-corrected chi connectivity index (χ2v) is 9.41. The normalized spacial score (nSPS) is 11.3. The van der Waals surface area contributed by atoms with E-state index in [4.69, 9.17) is 0 Å². The average molecular weight is 516 g/mol. The monoisotopic (exact) mass is 515 g/mol. The molecule has 0 aliphatic heterocycles. The minimum atomic E-state index is -0.537. The highest BCUT2D eigenvalue weighted by atomic mass is 16.3. The van der Waals surface area contributed by atoms with Crippen LogP contribution in [0.5, 0.6) is 5.75 Å². The molecule has 2 amide bonds. The number of carbonyl (C=O) groups is 3. The summed E-state index contributed by atoms with van der Waals surface area (Å²) in [4.78, 5) is 37.6. The summed E-state index contributed by atoms with van der Waals surface area (Å²) in [5.74, 6) is -0.893. The number of aromatic hydroxyl groups is 1. The van der Waals surface area contributed by atoms with Gasteiger partial charge in [-0.3, -0.25) is 14.4 Å². The Morgan fingerprint density at radius 1 is 0.842 bits per heavy atom. The van der Waals surface area contributed by atoms with Crippen molar-refractivity contribution in [2.45, 2.75) is 64.7 Å². The summed E-state index contributed by atoms with van der Waals surface area (Å²) in [7, 11) is 0. The number of nitrogens with zero attached hydrogens (tertiary/aromatic N) is 1. The first-order valence-corrected chi connectivity index (χ1v) is 13.4. The van der Waals surface area contributed by atoms with Crippen molar-refractivity contribution >= 4 is 34.1 Å². The van der Waals surface area contributed by atoms with Crippen LogP contribution in [-0.2, 0) is 16.0 Å². The summed E-state index contributed by atoms with van der Waals surface area (Å²) in [6, 6.07) is 20.5. The van der Waals surface area contributed by atoms with E-state index in [9.17, 15) is 19.5 Å². The number of hydrogen-bond donors (Lipinski definition) is 3. The number of hydrogen-bond acceptors (Lipinski definition) is 5. The van der Waals surface area contributed by atoms with Crippen molar-refractivity contribution in [3.8, 4) is 5.75 Å². The second kappa shape index (κ2) is 15.3. The number of hydrazone groups is 1. The van der Waals surface area contributed by atoms with Crippen LogP contribution >= 0.6 is 0 Å². The molecule has 0 saturated carbocycles. The molecule has 0 aliphatic rings. The van der Waals surface area contributed by atoms with Gasteiger partial charge in [-0.05, 0) is 36.3 Å². The van der Waals surface area contributed by atoms with Crippen molar-refractivity contribution in [3.63, 3.8) is 0 Å². The molecule has 0 radical (unpaired) electrons. The van der Waals surface area contributed by atoms with Gasteiger partial charge in [-0.1, -0.05) is 86.8 Å². The largest absolute Gasteiger partial charge is 0.506 e. The fourth-order valence-corrected chi connectivity index (χ4v) is 4.22. The van der Waals surface area contributed by atoms with Crippen molar-refractivity contribution in [2.75, 3.05) is 6.54 Å². The molecule has 38 heavy (non-hydrogen) atoms. The number of nitrogens with one attached hydrogen (secondary N) is 2. The topological polar surface area (TPSA) is 108 Å². The quantitative estimate of drug-likeness (QED) is 0.137. The molecule has 0 saturated heterocycles. The smallest absolute Gasteiger partial charge is 0.275 e. The van der Waals surface area contributed by atoms with Crippen molar-refractivity contribution < 1.29 is 19.5 Å². The van der Waals surface area contributed by atoms with E-state index < -0.39 is 5.91 Å². The van der Waals surface area contributed by atoms with Crippen LogP contribution in [0.4, 0.5) is 0 Å². The number of phenolic OH excluding ortho intramolecular Hbond substituents is 1. The van der Waals surface area contributed by atoms with E-state index in [1.54, 1.807) is 24.3 Å². The maximum Gasteiger partial charge on any atom is 0.275 e.